The molecule has 1 aromatic carbocycles. The molecule has 1 aliphatic rings. The second-order valence-corrected chi connectivity index (χ2v) is 7.14. The minimum absolute atomic E-state index is 0.0379. The molecule has 0 radical (unpaired) electrons. The summed E-state index contributed by atoms with van der Waals surface area (Å²) in [6.07, 6.45) is 1.09. The van der Waals surface area contributed by atoms with Crippen LogP contribution in [0.4, 0.5) is 0 Å². The maximum absolute atomic E-state index is 12.5. The minimum Gasteiger partial charge on any atom is -0.451 e. The number of esters is 1. The van der Waals surface area contributed by atoms with Crippen LogP contribution in [0.5, 0.6) is 0 Å². The summed E-state index contributed by atoms with van der Waals surface area (Å²) in [7, 11) is 1.48. The van der Waals surface area contributed by atoms with Crippen molar-refractivity contribution in [3.05, 3.63) is 40.3 Å². The number of nitrogens with zero attached hydrogens (tertiary/aromatic N) is 3. The molecule has 0 saturated carbocycles. The number of benzene rings is 1. The smallest absolute Gasteiger partial charge is 0.359 e. The molecule has 2 heterocycles. The van der Waals surface area contributed by atoms with Crippen molar-refractivity contribution >= 4 is 22.6 Å². The Morgan fingerprint density at radius 1 is 1.15 bits per heavy atom. The molecule has 138 valence electrons. The Morgan fingerprint density at radius 3 is 2.42 bits per heavy atom. The Bertz CT molecular complexity index is 895. The molecule has 1 amide bonds. The van der Waals surface area contributed by atoms with Crippen molar-refractivity contribution in [2.24, 2.45) is 18.9 Å². The molecule has 7 nitrogen and oxygen atoms in total. The first kappa shape index (κ1) is 18.1. The van der Waals surface area contributed by atoms with E-state index >= 15 is 0 Å². The summed E-state index contributed by atoms with van der Waals surface area (Å²) in [5.41, 5.74) is -0.250. The van der Waals surface area contributed by atoms with Crippen LogP contribution in [-0.2, 0) is 16.6 Å². The zero-order valence-electron chi connectivity index (χ0n) is 15.3. The molecule has 1 saturated heterocycles. The molecule has 2 aromatic rings. The van der Waals surface area contributed by atoms with Gasteiger partial charge in [0.25, 0.3) is 11.5 Å². The van der Waals surface area contributed by atoms with Crippen LogP contribution in [0.15, 0.2) is 29.1 Å². The fourth-order valence-electron chi connectivity index (χ4n) is 3.60. The van der Waals surface area contributed by atoms with Crippen molar-refractivity contribution < 1.29 is 14.3 Å². The number of piperidine rings is 1. The average Bonchev–Trinajstić information content (AvgIpc) is 2.61. The Hall–Kier alpha value is -2.70. The third-order valence-electron chi connectivity index (χ3n) is 4.70. The molecule has 0 spiro atoms. The van der Waals surface area contributed by atoms with E-state index in [9.17, 15) is 14.4 Å². The molecular weight excluding hydrogens is 334 g/mol. The highest BCUT2D eigenvalue weighted by atomic mass is 16.5. The first-order valence-corrected chi connectivity index (χ1v) is 8.77. The van der Waals surface area contributed by atoms with Gasteiger partial charge in [-0.3, -0.25) is 9.59 Å². The van der Waals surface area contributed by atoms with Crippen LogP contribution in [0.3, 0.4) is 0 Å². The first-order chi connectivity index (χ1) is 12.4. The van der Waals surface area contributed by atoms with E-state index in [0.717, 1.165) is 11.1 Å². The maximum atomic E-state index is 12.5. The molecule has 1 aliphatic heterocycles. The van der Waals surface area contributed by atoms with E-state index in [-0.39, 0.29) is 23.8 Å². The summed E-state index contributed by atoms with van der Waals surface area (Å²) in [6.45, 7) is 5.27. The summed E-state index contributed by atoms with van der Waals surface area (Å²) >= 11 is 0. The SMILES string of the molecule is C[C@@H]1C[C@H](C)CN(C(=O)COC(=O)c2nn(C)c(=O)c3ccccc23)C1. The summed E-state index contributed by atoms with van der Waals surface area (Å²) in [5.74, 6) is -0.0329. The number of aromatic nitrogens is 2. The van der Waals surface area contributed by atoms with E-state index in [4.69, 9.17) is 4.74 Å². The van der Waals surface area contributed by atoms with E-state index < -0.39 is 5.97 Å². The number of hydrogen-bond donors (Lipinski definition) is 0. The quantitative estimate of drug-likeness (QED) is 0.779. The van der Waals surface area contributed by atoms with Crippen LogP contribution in [0.25, 0.3) is 10.8 Å². The first-order valence-electron chi connectivity index (χ1n) is 8.77. The minimum atomic E-state index is -0.705. The molecule has 3 rings (SSSR count). The van der Waals surface area contributed by atoms with E-state index in [0.29, 0.717) is 35.7 Å². The lowest BCUT2D eigenvalue weighted by Gasteiger charge is -2.34. The van der Waals surface area contributed by atoms with Gasteiger partial charge >= 0.3 is 5.97 Å². The predicted octanol–water partition coefficient (Wildman–Crippen LogP) is 1.59. The fourth-order valence-corrected chi connectivity index (χ4v) is 3.60. The van der Waals surface area contributed by atoms with Gasteiger partial charge in [0.1, 0.15) is 0 Å². The summed E-state index contributed by atoms with van der Waals surface area (Å²) in [4.78, 5) is 38.7. The van der Waals surface area contributed by atoms with Gasteiger partial charge in [0.15, 0.2) is 12.3 Å². The van der Waals surface area contributed by atoms with Gasteiger partial charge in [-0.15, -0.1) is 0 Å². The maximum Gasteiger partial charge on any atom is 0.359 e. The lowest BCUT2D eigenvalue weighted by atomic mass is 9.92. The van der Waals surface area contributed by atoms with E-state index in [1.807, 2.05) is 0 Å². The van der Waals surface area contributed by atoms with Gasteiger partial charge in [-0.25, -0.2) is 9.48 Å². The van der Waals surface area contributed by atoms with Crippen LogP contribution in [0.1, 0.15) is 30.8 Å². The second kappa shape index (κ2) is 7.27. The Morgan fingerprint density at radius 2 is 1.77 bits per heavy atom. The lowest BCUT2D eigenvalue weighted by molar-refractivity contribution is -0.137. The number of ether oxygens (including phenoxy) is 1. The number of rotatable bonds is 3. The van der Waals surface area contributed by atoms with Crippen molar-refractivity contribution in [2.45, 2.75) is 20.3 Å². The van der Waals surface area contributed by atoms with Gasteiger partial charge in [0, 0.05) is 25.5 Å². The van der Waals surface area contributed by atoms with Crippen molar-refractivity contribution in [1.29, 1.82) is 0 Å². The average molecular weight is 357 g/mol. The van der Waals surface area contributed by atoms with Crippen molar-refractivity contribution in [2.75, 3.05) is 19.7 Å². The third kappa shape index (κ3) is 3.61. The number of carbonyl (C=O) groups excluding carboxylic acids is 2. The molecule has 0 N–H and O–H groups in total. The number of carbonyl (C=O) groups is 2. The van der Waals surface area contributed by atoms with Crippen molar-refractivity contribution in [1.82, 2.24) is 14.7 Å². The molecule has 0 bridgehead atoms. The third-order valence-corrected chi connectivity index (χ3v) is 4.70. The monoisotopic (exact) mass is 357 g/mol. The molecule has 2 atom stereocenters. The molecule has 1 aromatic heterocycles. The van der Waals surface area contributed by atoms with Crippen LogP contribution < -0.4 is 5.56 Å². The highest BCUT2D eigenvalue weighted by Crippen LogP contribution is 2.21. The number of likely N-dealkylation sites (tertiary alicyclic amines) is 1. The number of aryl methyl sites for hydroxylation is 1. The van der Waals surface area contributed by atoms with Gasteiger partial charge < -0.3 is 9.64 Å². The summed E-state index contributed by atoms with van der Waals surface area (Å²) < 4.78 is 6.31. The Labute approximate surface area is 151 Å². The van der Waals surface area contributed by atoms with Crippen molar-refractivity contribution in [3.63, 3.8) is 0 Å². The standard InChI is InChI=1S/C19H23N3O4/c1-12-8-13(2)10-22(9-12)16(23)11-26-19(25)17-14-6-4-5-7-15(14)18(24)21(3)20-17/h4-7,12-13H,8-11H2,1-3H3/t12-,13+. The van der Waals surface area contributed by atoms with Crippen molar-refractivity contribution in [3.8, 4) is 0 Å². The Balaban J connectivity index is 1.75. The lowest BCUT2D eigenvalue weighted by Crippen LogP contribution is -2.44. The molecule has 1 fully saturated rings. The topological polar surface area (TPSA) is 81.5 Å². The number of fused-ring (bicyclic) bond motifs is 1. The van der Waals surface area contributed by atoms with Gasteiger partial charge in [0.05, 0.1) is 5.39 Å². The van der Waals surface area contributed by atoms with Gasteiger partial charge in [-0.2, -0.15) is 5.10 Å². The van der Waals surface area contributed by atoms with Crippen LogP contribution in [0, 0.1) is 11.8 Å². The highest BCUT2D eigenvalue weighted by Gasteiger charge is 2.26. The van der Waals surface area contributed by atoms with Crippen LogP contribution >= 0.6 is 0 Å². The zero-order chi connectivity index (χ0) is 18.8. The van der Waals surface area contributed by atoms with E-state index in [1.165, 1.54) is 7.05 Å². The predicted molar refractivity (Wildman–Crippen MR) is 96.8 cm³/mol. The zero-order valence-corrected chi connectivity index (χ0v) is 15.3. The molecule has 7 heteroatoms. The van der Waals surface area contributed by atoms with Crippen LogP contribution in [-0.4, -0.2) is 46.3 Å². The normalized spacial score (nSPS) is 20.2. The van der Waals surface area contributed by atoms with Gasteiger partial charge in [0.2, 0.25) is 0 Å². The Kier molecular flexibility index (Phi) is 5.06. The number of amides is 1. The highest BCUT2D eigenvalue weighted by molar-refractivity contribution is 6.02. The number of hydrogen-bond acceptors (Lipinski definition) is 5. The largest absolute Gasteiger partial charge is 0.451 e. The summed E-state index contributed by atoms with van der Waals surface area (Å²) in [6, 6.07) is 6.73. The van der Waals surface area contributed by atoms with Gasteiger partial charge in [-0.05, 0) is 24.3 Å². The molecule has 26 heavy (non-hydrogen) atoms. The summed E-state index contributed by atoms with van der Waals surface area (Å²) in [5, 5.41) is 4.84. The fraction of sp³-hybridized carbons (Fsp3) is 0.474. The molecule has 0 unspecified atom stereocenters. The molecule has 0 aliphatic carbocycles. The second-order valence-electron chi connectivity index (χ2n) is 7.14. The van der Waals surface area contributed by atoms with E-state index in [2.05, 4.69) is 18.9 Å². The van der Waals surface area contributed by atoms with E-state index in [1.54, 1.807) is 29.2 Å². The van der Waals surface area contributed by atoms with Gasteiger partial charge in [-0.1, -0.05) is 32.0 Å². The van der Waals surface area contributed by atoms with Crippen LogP contribution in [0.2, 0.25) is 0 Å². The molecular formula is C19H23N3O4.